The number of hydrogen-bond donors (Lipinski definition) is 0. The zero-order chi connectivity index (χ0) is 36.4. The average molecular weight is 699 g/mol. The topological polar surface area (TPSA) is 215 Å². The van der Waals surface area contributed by atoms with Crippen LogP contribution in [0.4, 0.5) is 0 Å². The molecule has 4 aliphatic heterocycles. The standard InChI is InChI=1S/C34H22N2O15/c1-15(37)46-17-3-5-22-25(11-17)48-26-12-18(47-16(2)38)4-6-23(26)34(22)24-14-20(33(45)51-36-29(41)9-10-30(36)42)19(13-21(24)31(43)49-34)32(44)50-35-27(39)7-8-28(35)40/h3-6,11-14H,7-10H2,1-2H3. The predicted molar refractivity (Wildman–Crippen MR) is 160 cm³/mol. The van der Waals surface area contributed by atoms with Crippen molar-refractivity contribution in [2.75, 3.05) is 0 Å². The van der Waals surface area contributed by atoms with Gasteiger partial charge in [0.1, 0.15) is 23.0 Å². The lowest BCUT2D eigenvalue weighted by Gasteiger charge is -2.36. The molecular weight excluding hydrogens is 676 g/mol. The van der Waals surface area contributed by atoms with Crippen LogP contribution in [0.25, 0.3) is 0 Å². The molecule has 17 heteroatoms. The van der Waals surface area contributed by atoms with Crippen molar-refractivity contribution in [3.63, 3.8) is 0 Å². The van der Waals surface area contributed by atoms with Crippen molar-refractivity contribution >= 4 is 53.5 Å². The minimum Gasteiger partial charge on any atom is -0.456 e. The summed E-state index contributed by atoms with van der Waals surface area (Å²) in [6.07, 6.45) is -0.959. The van der Waals surface area contributed by atoms with Crippen molar-refractivity contribution in [1.82, 2.24) is 10.1 Å². The van der Waals surface area contributed by atoms with E-state index in [4.69, 9.17) is 28.6 Å². The second-order valence-corrected chi connectivity index (χ2v) is 11.5. The Labute approximate surface area is 285 Å². The molecule has 4 heterocycles. The Kier molecular flexibility index (Phi) is 7.61. The first-order valence-corrected chi connectivity index (χ1v) is 15.2. The third-order valence-electron chi connectivity index (χ3n) is 8.21. The highest BCUT2D eigenvalue weighted by molar-refractivity contribution is 6.10. The molecule has 0 unspecified atom stereocenters. The number of esters is 3. The number of benzene rings is 3. The Morgan fingerprint density at radius 3 is 1.47 bits per heavy atom. The van der Waals surface area contributed by atoms with Crippen LogP contribution in [0.2, 0.25) is 0 Å². The highest BCUT2D eigenvalue weighted by atomic mass is 16.7. The van der Waals surface area contributed by atoms with E-state index < -0.39 is 70.2 Å². The molecule has 258 valence electrons. The number of amides is 4. The highest BCUT2D eigenvalue weighted by Crippen LogP contribution is 2.57. The van der Waals surface area contributed by atoms with Gasteiger partial charge in [0.15, 0.2) is 5.60 Å². The molecule has 0 saturated carbocycles. The van der Waals surface area contributed by atoms with Crippen molar-refractivity contribution in [1.29, 1.82) is 0 Å². The molecule has 3 aromatic carbocycles. The maximum atomic E-state index is 13.8. The summed E-state index contributed by atoms with van der Waals surface area (Å²) in [5.41, 5.74) is -3.30. The van der Waals surface area contributed by atoms with Gasteiger partial charge in [0.2, 0.25) is 0 Å². The van der Waals surface area contributed by atoms with E-state index in [1.54, 1.807) is 0 Å². The van der Waals surface area contributed by atoms with E-state index in [2.05, 4.69) is 0 Å². The smallest absolute Gasteiger partial charge is 0.364 e. The van der Waals surface area contributed by atoms with Crippen molar-refractivity contribution in [3.05, 3.63) is 81.9 Å². The van der Waals surface area contributed by atoms with Crippen LogP contribution in [-0.2, 0) is 48.8 Å². The summed E-state index contributed by atoms with van der Waals surface area (Å²) < 4.78 is 22.6. The number of rotatable bonds is 6. The van der Waals surface area contributed by atoms with E-state index in [0.29, 0.717) is 0 Å². The fourth-order valence-electron chi connectivity index (χ4n) is 6.10. The number of hydrogen-bond acceptors (Lipinski definition) is 15. The molecule has 1 spiro atoms. The minimum absolute atomic E-state index is 0.00815. The maximum Gasteiger partial charge on any atom is 0.364 e. The fourth-order valence-corrected chi connectivity index (χ4v) is 6.10. The van der Waals surface area contributed by atoms with Gasteiger partial charge in [-0.3, -0.25) is 28.8 Å². The Bertz CT molecular complexity index is 2090. The molecule has 2 fully saturated rings. The molecule has 7 rings (SSSR count). The molecule has 4 aliphatic rings. The molecule has 51 heavy (non-hydrogen) atoms. The van der Waals surface area contributed by atoms with Crippen LogP contribution in [0.1, 0.15) is 87.3 Å². The fraction of sp³-hybridized carbons (Fsp3) is 0.206. The first kappa shape index (κ1) is 32.6. The largest absolute Gasteiger partial charge is 0.456 e. The van der Waals surface area contributed by atoms with Crippen molar-refractivity contribution < 1.29 is 71.8 Å². The van der Waals surface area contributed by atoms with Gasteiger partial charge in [-0.1, -0.05) is 0 Å². The Morgan fingerprint density at radius 1 is 0.608 bits per heavy atom. The summed E-state index contributed by atoms with van der Waals surface area (Å²) in [6.45, 7) is 2.36. The third-order valence-corrected chi connectivity index (χ3v) is 8.21. The van der Waals surface area contributed by atoms with Gasteiger partial charge in [-0.25, -0.2) is 14.4 Å². The van der Waals surface area contributed by atoms with Gasteiger partial charge in [0, 0.05) is 68.4 Å². The van der Waals surface area contributed by atoms with Crippen LogP contribution in [-0.4, -0.2) is 63.6 Å². The van der Waals surface area contributed by atoms with Gasteiger partial charge in [0.05, 0.1) is 16.7 Å². The third kappa shape index (κ3) is 5.40. The van der Waals surface area contributed by atoms with Crippen molar-refractivity contribution in [2.24, 2.45) is 0 Å². The molecule has 0 radical (unpaired) electrons. The second kappa shape index (κ2) is 11.9. The molecule has 0 aliphatic carbocycles. The van der Waals surface area contributed by atoms with E-state index >= 15 is 0 Å². The molecule has 0 bridgehead atoms. The van der Waals surface area contributed by atoms with Crippen LogP contribution >= 0.6 is 0 Å². The molecule has 4 amide bonds. The molecule has 0 aromatic heterocycles. The van der Waals surface area contributed by atoms with E-state index in [0.717, 1.165) is 12.1 Å². The van der Waals surface area contributed by atoms with Crippen LogP contribution in [0.5, 0.6) is 23.0 Å². The SMILES string of the molecule is CC(=O)Oc1ccc2c(c1)Oc1cc(OC(C)=O)ccc1C21OC(=O)c2cc(C(=O)ON3C(=O)CCC3=O)c(C(=O)ON3C(=O)CCC3=O)cc21. The van der Waals surface area contributed by atoms with Gasteiger partial charge < -0.3 is 28.6 Å². The first-order chi connectivity index (χ1) is 24.3. The van der Waals surface area contributed by atoms with Crippen molar-refractivity contribution in [2.45, 2.75) is 45.1 Å². The predicted octanol–water partition coefficient (Wildman–Crippen LogP) is 2.55. The van der Waals surface area contributed by atoms with E-state index in [-0.39, 0.29) is 81.1 Å². The quantitative estimate of drug-likeness (QED) is 0.205. The molecule has 2 saturated heterocycles. The lowest BCUT2D eigenvalue weighted by atomic mass is 9.76. The first-order valence-electron chi connectivity index (χ1n) is 15.2. The lowest BCUT2D eigenvalue weighted by Crippen LogP contribution is -2.35. The summed E-state index contributed by atoms with van der Waals surface area (Å²) in [7, 11) is 0. The summed E-state index contributed by atoms with van der Waals surface area (Å²) in [6, 6.07) is 10.3. The maximum absolute atomic E-state index is 13.8. The summed E-state index contributed by atoms with van der Waals surface area (Å²) in [5, 5.41) is 0.464. The van der Waals surface area contributed by atoms with Crippen LogP contribution in [0.3, 0.4) is 0 Å². The monoisotopic (exact) mass is 698 g/mol. The number of imide groups is 2. The Hall–Kier alpha value is -6.91. The lowest BCUT2D eigenvalue weighted by molar-refractivity contribution is -0.174. The second-order valence-electron chi connectivity index (χ2n) is 11.5. The van der Waals surface area contributed by atoms with Crippen LogP contribution < -0.4 is 14.2 Å². The van der Waals surface area contributed by atoms with E-state index in [1.165, 1.54) is 50.2 Å². The molecule has 3 aromatic rings. The minimum atomic E-state index is -1.95. The molecule has 17 nitrogen and oxygen atoms in total. The van der Waals surface area contributed by atoms with Crippen LogP contribution in [0, 0.1) is 0 Å². The Morgan fingerprint density at radius 2 is 1.04 bits per heavy atom. The van der Waals surface area contributed by atoms with E-state index in [9.17, 15) is 43.2 Å². The molecular formula is C34H22N2O15. The van der Waals surface area contributed by atoms with Crippen molar-refractivity contribution in [3.8, 4) is 23.0 Å². The number of hydroxylamine groups is 4. The Balaban J connectivity index is 1.43. The zero-order valence-corrected chi connectivity index (χ0v) is 26.5. The highest BCUT2D eigenvalue weighted by Gasteiger charge is 2.55. The summed E-state index contributed by atoms with van der Waals surface area (Å²) >= 11 is 0. The van der Waals surface area contributed by atoms with Gasteiger partial charge in [-0.15, -0.1) is 10.1 Å². The zero-order valence-electron chi connectivity index (χ0n) is 26.5. The van der Waals surface area contributed by atoms with E-state index in [1.807, 2.05) is 0 Å². The van der Waals surface area contributed by atoms with Gasteiger partial charge in [-0.2, -0.15) is 0 Å². The number of fused-ring (bicyclic) bond motifs is 6. The summed E-state index contributed by atoms with van der Waals surface area (Å²) in [5.74, 6) is -8.35. The number of carbonyl (C=O) groups is 9. The molecule has 0 N–H and O–H groups in total. The van der Waals surface area contributed by atoms with Gasteiger partial charge in [0.25, 0.3) is 23.6 Å². The van der Waals surface area contributed by atoms with Gasteiger partial charge in [-0.05, 0) is 36.4 Å². The summed E-state index contributed by atoms with van der Waals surface area (Å²) in [4.78, 5) is 124. The number of carbonyl (C=O) groups excluding carboxylic acids is 9. The van der Waals surface area contributed by atoms with Gasteiger partial charge >= 0.3 is 29.8 Å². The molecule has 0 atom stereocenters. The number of nitrogens with zero attached hydrogens (tertiary/aromatic N) is 2. The average Bonchev–Trinajstić information content (AvgIpc) is 3.67. The normalized spacial score (nSPS) is 16.6. The number of ether oxygens (including phenoxy) is 4. The van der Waals surface area contributed by atoms with Crippen LogP contribution in [0.15, 0.2) is 48.5 Å².